The molecule has 1 aliphatic carbocycles. The van der Waals surface area contributed by atoms with Gasteiger partial charge in [-0.3, -0.25) is 9.59 Å². The summed E-state index contributed by atoms with van der Waals surface area (Å²) in [7, 11) is 0. The van der Waals surface area contributed by atoms with E-state index in [1.807, 2.05) is 11.8 Å². The fourth-order valence-electron chi connectivity index (χ4n) is 3.41. The van der Waals surface area contributed by atoms with E-state index in [4.69, 9.17) is 5.11 Å². The Morgan fingerprint density at radius 1 is 1.28 bits per heavy atom. The lowest BCUT2D eigenvalue weighted by Crippen LogP contribution is -2.50. The number of hydrogen-bond donors (Lipinski definition) is 1. The normalized spacial score (nSPS) is 31.3. The van der Waals surface area contributed by atoms with Gasteiger partial charge in [0.05, 0.1) is 5.92 Å². The molecular formula is C14H23NO3. The predicted molar refractivity (Wildman–Crippen MR) is 68.1 cm³/mol. The summed E-state index contributed by atoms with van der Waals surface area (Å²) in [5.74, 6) is -0.752. The summed E-state index contributed by atoms with van der Waals surface area (Å²) in [6.07, 6.45) is 5.44. The number of carboxylic acids is 1. The Bertz CT molecular complexity index is 347. The van der Waals surface area contributed by atoms with Gasteiger partial charge in [0.15, 0.2) is 0 Å². The minimum atomic E-state index is -0.721. The van der Waals surface area contributed by atoms with Crippen molar-refractivity contribution in [2.75, 3.05) is 6.54 Å². The van der Waals surface area contributed by atoms with E-state index in [2.05, 4.69) is 6.92 Å². The number of piperidine rings is 1. The SMILES string of the molecule is CC1CC(C(=O)O)CCN1C(=O)C1(C)CCCC1. The van der Waals surface area contributed by atoms with E-state index < -0.39 is 5.97 Å². The first-order chi connectivity index (χ1) is 8.44. The first kappa shape index (κ1) is 13.4. The smallest absolute Gasteiger partial charge is 0.306 e. The van der Waals surface area contributed by atoms with Crippen molar-refractivity contribution in [1.82, 2.24) is 4.90 Å². The van der Waals surface area contributed by atoms with E-state index in [-0.39, 0.29) is 23.3 Å². The summed E-state index contributed by atoms with van der Waals surface area (Å²) in [5, 5.41) is 9.04. The number of amides is 1. The summed E-state index contributed by atoms with van der Waals surface area (Å²) >= 11 is 0. The second-order valence-electron chi connectivity index (χ2n) is 6.17. The van der Waals surface area contributed by atoms with Crippen LogP contribution < -0.4 is 0 Å². The molecule has 1 saturated heterocycles. The second kappa shape index (κ2) is 4.90. The van der Waals surface area contributed by atoms with Crippen molar-refractivity contribution in [3.05, 3.63) is 0 Å². The third-order valence-corrected chi connectivity index (χ3v) is 4.71. The Hall–Kier alpha value is -1.06. The molecule has 4 heteroatoms. The van der Waals surface area contributed by atoms with Crippen molar-refractivity contribution in [3.63, 3.8) is 0 Å². The Labute approximate surface area is 108 Å². The van der Waals surface area contributed by atoms with Crippen molar-refractivity contribution >= 4 is 11.9 Å². The van der Waals surface area contributed by atoms with Crippen LogP contribution in [-0.2, 0) is 9.59 Å². The van der Waals surface area contributed by atoms with Crippen LogP contribution in [0.15, 0.2) is 0 Å². The molecule has 2 fully saturated rings. The molecule has 1 amide bonds. The van der Waals surface area contributed by atoms with E-state index in [0.717, 1.165) is 25.7 Å². The van der Waals surface area contributed by atoms with Gasteiger partial charge in [0, 0.05) is 18.0 Å². The standard InChI is InChI=1S/C14H23NO3/c1-10-9-11(12(16)17)5-8-15(10)13(18)14(2)6-3-4-7-14/h10-11H,3-9H2,1-2H3,(H,16,17). The zero-order valence-corrected chi connectivity index (χ0v) is 11.3. The van der Waals surface area contributed by atoms with Gasteiger partial charge in [-0.25, -0.2) is 0 Å². The van der Waals surface area contributed by atoms with Gasteiger partial charge in [0.25, 0.3) is 0 Å². The van der Waals surface area contributed by atoms with Gasteiger partial charge in [0.2, 0.25) is 5.91 Å². The lowest BCUT2D eigenvalue weighted by Gasteiger charge is -2.40. The largest absolute Gasteiger partial charge is 0.481 e. The molecule has 0 aromatic heterocycles. The highest BCUT2D eigenvalue weighted by Gasteiger charge is 2.42. The van der Waals surface area contributed by atoms with E-state index in [9.17, 15) is 9.59 Å². The fraction of sp³-hybridized carbons (Fsp3) is 0.857. The van der Waals surface area contributed by atoms with Gasteiger partial charge >= 0.3 is 5.97 Å². The molecule has 1 aliphatic heterocycles. The molecule has 0 aromatic carbocycles. The number of rotatable bonds is 2. The molecular weight excluding hydrogens is 230 g/mol. The van der Waals surface area contributed by atoms with Crippen LogP contribution >= 0.6 is 0 Å². The van der Waals surface area contributed by atoms with Gasteiger partial charge in [-0.05, 0) is 32.6 Å². The van der Waals surface area contributed by atoms with Crippen molar-refractivity contribution < 1.29 is 14.7 Å². The van der Waals surface area contributed by atoms with E-state index in [1.165, 1.54) is 0 Å². The average Bonchev–Trinajstić information content (AvgIpc) is 2.76. The number of carbonyl (C=O) groups excluding carboxylic acids is 1. The van der Waals surface area contributed by atoms with Gasteiger partial charge in [-0.2, -0.15) is 0 Å². The Morgan fingerprint density at radius 3 is 2.39 bits per heavy atom. The molecule has 0 radical (unpaired) electrons. The van der Waals surface area contributed by atoms with E-state index >= 15 is 0 Å². The maximum atomic E-state index is 12.6. The van der Waals surface area contributed by atoms with Crippen LogP contribution in [0.2, 0.25) is 0 Å². The van der Waals surface area contributed by atoms with Crippen LogP contribution in [0.4, 0.5) is 0 Å². The number of carbonyl (C=O) groups is 2. The zero-order valence-electron chi connectivity index (χ0n) is 11.3. The molecule has 0 aromatic rings. The fourth-order valence-corrected chi connectivity index (χ4v) is 3.41. The minimum Gasteiger partial charge on any atom is -0.481 e. The van der Waals surface area contributed by atoms with Crippen LogP contribution in [0.1, 0.15) is 52.4 Å². The highest BCUT2D eigenvalue weighted by molar-refractivity contribution is 5.83. The molecule has 102 valence electrons. The first-order valence-electron chi connectivity index (χ1n) is 6.98. The van der Waals surface area contributed by atoms with Crippen LogP contribution in [0.3, 0.4) is 0 Å². The summed E-state index contributed by atoms with van der Waals surface area (Å²) < 4.78 is 0. The van der Waals surface area contributed by atoms with Gasteiger partial charge in [-0.1, -0.05) is 19.8 Å². The molecule has 2 rings (SSSR count). The number of hydrogen-bond acceptors (Lipinski definition) is 2. The number of nitrogens with zero attached hydrogens (tertiary/aromatic N) is 1. The molecule has 1 saturated carbocycles. The minimum absolute atomic E-state index is 0.0600. The van der Waals surface area contributed by atoms with Gasteiger partial charge in [0.1, 0.15) is 0 Å². The van der Waals surface area contributed by atoms with Crippen LogP contribution in [0, 0.1) is 11.3 Å². The summed E-state index contributed by atoms with van der Waals surface area (Å²) in [4.78, 5) is 25.5. The second-order valence-corrected chi connectivity index (χ2v) is 6.17. The average molecular weight is 253 g/mol. The Balaban J connectivity index is 2.02. The highest BCUT2D eigenvalue weighted by Crippen LogP contribution is 2.40. The first-order valence-corrected chi connectivity index (χ1v) is 6.98. The molecule has 4 nitrogen and oxygen atoms in total. The van der Waals surface area contributed by atoms with Crippen LogP contribution in [-0.4, -0.2) is 34.5 Å². The summed E-state index contributed by atoms with van der Waals surface area (Å²) in [6, 6.07) is 0.0600. The van der Waals surface area contributed by atoms with Gasteiger partial charge in [-0.15, -0.1) is 0 Å². The molecule has 1 N–H and O–H groups in total. The number of likely N-dealkylation sites (tertiary alicyclic amines) is 1. The maximum Gasteiger partial charge on any atom is 0.306 e. The predicted octanol–water partition coefficient (Wildman–Crippen LogP) is 2.28. The number of carboxylic acid groups (broad SMARTS) is 1. The highest BCUT2D eigenvalue weighted by atomic mass is 16.4. The quantitative estimate of drug-likeness (QED) is 0.821. The summed E-state index contributed by atoms with van der Waals surface area (Å²) in [6.45, 7) is 4.65. The molecule has 18 heavy (non-hydrogen) atoms. The van der Waals surface area contributed by atoms with Crippen molar-refractivity contribution in [2.24, 2.45) is 11.3 Å². The van der Waals surface area contributed by atoms with E-state index in [0.29, 0.717) is 19.4 Å². The monoisotopic (exact) mass is 253 g/mol. The zero-order chi connectivity index (χ0) is 13.3. The topological polar surface area (TPSA) is 57.6 Å². The summed E-state index contributed by atoms with van der Waals surface area (Å²) in [5.41, 5.74) is -0.190. The van der Waals surface area contributed by atoms with Gasteiger partial charge < -0.3 is 10.0 Å². The molecule has 2 atom stereocenters. The number of aliphatic carboxylic acids is 1. The van der Waals surface area contributed by atoms with Crippen molar-refractivity contribution in [1.29, 1.82) is 0 Å². The maximum absolute atomic E-state index is 12.6. The lowest BCUT2D eigenvalue weighted by molar-refractivity contribution is -0.151. The van der Waals surface area contributed by atoms with Crippen molar-refractivity contribution in [2.45, 2.75) is 58.4 Å². The third kappa shape index (κ3) is 2.38. The molecule has 0 spiro atoms. The molecule has 1 heterocycles. The van der Waals surface area contributed by atoms with Crippen LogP contribution in [0.5, 0.6) is 0 Å². The Morgan fingerprint density at radius 2 is 1.89 bits per heavy atom. The Kier molecular flexibility index (Phi) is 3.64. The molecule has 0 bridgehead atoms. The molecule has 2 aliphatic rings. The lowest BCUT2D eigenvalue weighted by atomic mass is 9.84. The van der Waals surface area contributed by atoms with Crippen LogP contribution in [0.25, 0.3) is 0 Å². The van der Waals surface area contributed by atoms with Crippen molar-refractivity contribution in [3.8, 4) is 0 Å². The molecule has 2 unspecified atom stereocenters. The third-order valence-electron chi connectivity index (χ3n) is 4.71. The van der Waals surface area contributed by atoms with E-state index in [1.54, 1.807) is 0 Å².